The molecule has 1 N–H and O–H groups in total. The second kappa shape index (κ2) is 7.53. The van der Waals surface area contributed by atoms with Gasteiger partial charge >= 0.3 is 6.09 Å². The van der Waals surface area contributed by atoms with Gasteiger partial charge in [-0.1, -0.05) is 18.6 Å². The van der Waals surface area contributed by atoms with E-state index in [-0.39, 0.29) is 0 Å². The summed E-state index contributed by atoms with van der Waals surface area (Å²) in [6.45, 7) is 13.9. The van der Waals surface area contributed by atoms with Gasteiger partial charge in [0, 0.05) is 0 Å². The van der Waals surface area contributed by atoms with Crippen LogP contribution in [0.5, 0.6) is 0 Å². The molecule has 0 saturated heterocycles. The Morgan fingerprint density at radius 3 is 2.21 bits per heavy atom. The lowest BCUT2D eigenvalue weighted by Gasteiger charge is -2.29. The molecule has 0 aliphatic heterocycles. The van der Waals surface area contributed by atoms with E-state index >= 15 is 0 Å². The number of ether oxygens (including phenoxy) is 2. The van der Waals surface area contributed by atoms with E-state index in [9.17, 15) is 4.79 Å². The Morgan fingerprint density at radius 1 is 1.21 bits per heavy atom. The number of rotatable bonds is 6. The highest BCUT2D eigenvalue weighted by atomic mass is 16.6. The quantitative estimate of drug-likeness (QED) is 0.586. The number of amides is 1. The number of carbonyl (C=O) groups is 1. The normalized spacial score (nSPS) is 13.3. The van der Waals surface area contributed by atoms with Gasteiger partial charge in [0.05, 0.1) is 6.61 Å². The van der Waals surface area contributed by atoms with E-state index in [1.165, 1.54) is 5.57 Å². The molecule has 0 aromatic heterocycles. The molecule has 4 nitrogen and oxygen atoms in total. The third-order valence-electron chi connectivity index (χ3n) is 2.55. The Morgan fingerprint density at radius 2 is 1.79 bits per heavy atom. The van der Waals surface area contributed by atoms with Crippen molar-refractivity contribution in [1.29, 1.82) is 0 Å². The van der Waals surface area contributed by atoms with Gasteiger partial charge < -0.3 is 9.47 Å². The molecule has 0 saturated carbocycles. The van der Waals surface area contributed by atoms with E-state index in [0.717, 1.165) is 12.8 Å². The molecule has 0 radical (unpaired) electrons. The van der Waals surface area contributed by atoms with Crippen LogP contribution in [-0.4, -0.2) is 24.0 Å². The molecule has 0 atom stereocenters. The first-order valence-electron chi connectivity index (χ1n) is 6.89. The molecule has 0 aromatic carbocycles. The molecule has 4 heteroatoms. The van der Waals surface area contributed by atoms with Crippen molar-refractivity contribution in [3.63, 3.8) is 0 Å². The van der Waals surface area contributed by atoms with Gasteiger partial charge in [0.15, 0.2) is 0 Å². The minimum atomic E-state index is -0.727. The van der Waals surface area contributed by atoms with Gasteiger partial charge in [-0.3, -0.25) is 5.32 Å². The summed E-state index contributed by atoms with van der Waals surface area (Å²) in [4.78, 5) is 11.7. The van der Waals surface area contributed by atoms with Crippen LogP contribution in [0.3, 0.4) is 0 Å². The Hall–Kier alpha value is -1.03. The van der Waals surface area contributed by atoms with Crippen LogP contribution < -0.4 is 5.32 Å². The van der Waals surface area contributed by atoms with E-state index in [2.05, 4.69) is 18.3 Å². The average molecular weight is 271 g/mol. The largest absolute Gasteiger partial charge is 0.444 e. The molecule has 1 amide bonds. The summed E-state index contributed by atoms with van der Waals surface area (Å²) in [6.07, 6.45) is 3.56. The molecule has 0 aliphatic rings. The molecule has 112 valence electrons. The van der Waals surface area contributed by atoms with Gasteiger partial charge in [0.1, 0.15) is 11.3 Å². The topological polar surface area (TPSA) is 47.6 Å². The van der Waals surface area contributed by atoms with Crippen LogP contribution in [-0.2, 0) is 9.47 Å². The third-order valence-corrected chi connectivity index (χ3v) is 2.55. The molecule has 19 heavy (non-hydrogen) atoms. The Balaban J connectivity index is 4.15. The molecule has 0 unspecified atom stereocenters. The summed E-state index contributed by atoms with van der Waals surface area (Å²) < 4.78 is 10.9. The molecule has 0 rings (SSSR count). The average Bonchev–Trinajstić information content (AvgIpc) is 2.20. The van der Waals surface area contributed by atoms with Crippen molar-refractivity contribution in [3.8, 4) is 0 Å². The molecule has 0 fully saturated rings. The van der Waals surface area contributed by atoms with Crippen molar-refractivity contribution in [2.45, 2.75) is 72.6 Å². The Labute approximate surface area is 117 Å². The van der Waals surface area contributed by atoms with Crippen LogP contribution in [0.2, 0.25) is 0 Å². The SMILES string of the molecule is C/C=C(\CC)CCOC(C)(C)NC(=O)OC(C)(C)C. The maximum atomic E-state index is 11.7. The van der Waals surface area contributed by atoms with Crippen LogP contribution in [0.4, 0.5) is 4.79 Å². The van der Waals surface area contributed by atoms with Crippen LogP contribution >= 0.6 is 0 Å². The molecular formula is C15H29NO3. The summed E-state index contributed by atoms with van der Waals surface area (Å²) in [6, 6.07) is 0. The van der Waals surface area contributed by atoms with Gasteiger partial charge in [0.2, 0.25) is 0 Å². The van der Waals surface area contributed by atoms with E-state index in [1.807, 2.05) is 41.5 Å². The van der Waals surface area contributed by atoms with Gasteiger partial charge in [-0.05, 0) is 54.4 Å². The number of nitrogens with one attached hydrogen (secondary N) is 1. The van der Waals surface area contributed by atoms with Crippen molar-refractivity contribution in [2.24, 2.45) is 0 Å². The summed E-state index contributed by atoms with van der Waals surface area (Å²) in [7, 11) is 0. The minimum absolute atomic E-state index is 0.459. The van der Waals surface area contributed by atoms with Gasteiger partial charge in [-0.2, -0.15) is 0 Å². The molecule has 0 spiro atoms. The number of hydrogen-bond acceptors (Lipinski definition) is 3. The molecular weight excluding hydrogens is 242 g/mol. The molecule has 0 aromatic rings. The first kappa shape index (κ1) is 18.0. The summed E-state index contributed by atoms with van der Waals surface area (Å²) >= 11 is 0. The Kier molecular flexibility index (Phi) is 7.12. The lowest BCUT2D eigenvalue weighted by molar-refractivity contribution is -0.0470. The highest BCUT2D eigenvalue weighted by Gasteiger charge is 2.24. The van der Waals surface area contributed by atoms with Gasteiger partial charge in [-0.25, -0.2) is 4.79 Å². The summed E-state index contributed by atoms with van der Waals surface area (Å²) in [5, 5.41) is 2.72. The second-order valence-electron chi connectivity index (χ2n) is 6.04. The Bertz CT molecular complexity index is 314. The standard InChI is InChI=1S/C15H29NO3/c1-8-12(9-2)10-11-18-15(6,7)16-13(17)19-14(3,4)5/h8H,9-11H2,1-7H3,(H,16,17)/b12-8+. The number of alkyl carbamates (subject to hydrolysis) is 1. The van der Waals surface area contributed by atoms with Crippen molar-refractivity contribution < 1.29 is 14.3 Å². The molecule has 0 aliphatic carbocycles. The van der Waals surface area contributed by atoms with E-state index in [4.69, 9.17) is 9.47 Å². The molecule has 0 heterocycles. The van der Waals surface area contributed by atoms with E-state index in [1.54, 1.807) is 0 Å². The van der Waals surface area contributed by atoms with Crippen LogP contribution in [0, 0.1) is 0 Å². The van der Waals surface area contributed by atoms with Crippen molar-refractivity contribution in [2.75, 3.05) is 6.61 Å². The number of hydrogen-bond donors (Lipinski definition) is 1. The van der Waals surface area contributed by atoms with Crippen molar-refractivity contribution in [3.05, 3.63) is 11.6 Å². The third kappa shape index (κ3) is 9.54. The lowest BCUT2D eigenvalue weighted by atomic mass is 10.1. The zero-order valence-corrected chi connectivity index (χ0v) is 13.4. The first-order chi connectivity index (χ1) is 8.59. The fourth-order valence-electron chi connectivity index (χ4n) is 1.55. The van der Waals surface area contributed by atoms with Crippen LogP contribution in [0.1, 0.15) is 61.3 Å². The van der Waals surface area contributed by atoms with Crippen LogP contribution in [0.15, 0.2) is 11.6 Å². The number of allylic oxidation sites excluding steroid dienone is 1. The monoisotopic (exact) mass is 271 g/mol. The smallest absolute Gasteiger partial charge is 0.409 e. The fourth-order valence-corrected chi connectivity index (χ4v) is 1.55. The minimum Gasteiger partial charge on any atom is -0.444 e. The maximum Gasteiger partial charge on any atom is 0.409 e. The molecule has 0 bridgehead atoms. The highest BCUT2D eigenvalue weighted by Crippen LogP contribution is 2.12. The maximum absolute atomic E-state index is 11.7. The summed E-state index contributed by atoms with van der Waals surface area (Å²) in [5.41, 5.74) is 0.128. The van der Waals surface area contributed by atoms with E-state index < -0.39 is 17.4 Å². The van der Waals surface area contributed by atoms with E-state index in [0.29, 0.717) is 6.61 Å². The predicted molar refractivity (Wildman–Crippen MR) is 78.1 cm³/mol. The number of carbonyl (C=O) groups excluding carboxylic acids is 1. The lowest BCUT2D eigenvalue weighted by Crippen LogP contribution is -2.47. The zero-order valence-electron chi connectivity index (χ0n) is 13.4. The van der Waals surface area contributed by atoms with Crippen molar-refractivity contribution in [1.82, 2.24) is 5.32 Å². The van der Waals surface area contributed by atoms with Crippen molar-refractivity contribution >= 4 is 6.09 Å². The fraction of sp³-hybridized carbons (Fsp3) is 0.800. The summed E-state index contributed by atoms with van der Waals surface area (Å²) in [5.74, 6) is 0. The zero-order chi connectivity index (χ0) is 15.1. The second-order valence-corrected chi connectivity index (χ2v) is 6.04. The highest BCUT2D eigenvalue weighted by molar-refractivity contribution is 5.68. The predicted octanol–water partition coefficient (Wildman–Crippen LogP) is 4.01. The van der Waals surface area contributed by atoms with Crippen LogP contribution in [0.25, 0.3) is 0 Å². The van der Waals surface area contributed by atoms with Gasteiger partial charge in [0.25, 0.3) is 0 Å². The first-order valence-corrected chi connectivity index (χ1v) is 6.89. The van der Waals surface area contributed by atoms with Gasteiger partial charge in [-0.15, -0.1) is 0 Å².